The zero-order valence-corrected chi connectivity index (χ0v) is 10.8. The lowest BCUT2D eigenvalue weighted by molar-refractivity contribution is -0.142. The van der Waals surface area contributed by atoms with Crippen molar-refractivity contribution < 1.29 is 23.4 Å². The molecule has 0 saturated heterocycles. The van der Waals surface area contributed by atoms with Gasteiger partial charge in [-0.25, -0.2) is 4.39 Å². The number of ether oxygens (including phenoxy) is 1. The largest absolute Gasteiger partial charge is 0.493 e. The van der Waals surface area contributed by atoms with Gasteiger partial charge >= 0.3 is 5.97 Å². The maximum Gasteiger partial charge on any atom is 0.307 e. The number of carboxylic acid groups (broad SMARTS) is 1. The van der Waals surface area contributed by atoms with E-state index in [2.05, 4.69) is 0 Å². The van der Waals surface area contributed by atoms with E-state index in [9.17, 15) is 18.7 Å². The van der Waals surface area contributed by atoms with E-state index < -0.39 is 23.5 Å². The summed E-state index contributed by atoms with van der Waals surface area (Å²) in [6.07, 6.45) is 1.18. The van der Waals surface area contributed by atoms with Crippen LogP contribution in [0.15, 0.2) is 12.1 Å². The molecule has 3 unspecified atom stereocenters. The Bertz CT molecular complexity index is 502. The molecule has 5 heteroatoms. The van der Waals surface area contributed by atoms with E-state index in [4.69, 9.17) is 4.74 Å². The molecule has 1 aromatic rings. The van der Waals surface area contributed by atoms with Gasteiger partial charge in [0.05, 0.1) is 13.0 Å². The van der Waals surface area contributed by atoms with E-state index >= 15 is 0 Å². The molecule has 0 aliphatic heterocycles. The summed E-state index contributed by atoms with van der Waals surface area (Å²) in [5.74, 6) is -3.79. The summed E-state index contributed by atoms with van der Waals surface area (Å²) in [6.45, 7) is 1.96. The highest BCUT2D eigenvalue weighted by Crippen LogP contribution is 2.46. The van der Waals surface area contributed by atoms with Crippen molar-refractivity contribution >= 4 is 5.97 Å². The average Bonchev–Trinajstić information content (AvgIpc) is 2.74. The minimum Gasteiger partial charge on any atom is -0.493 e. The first-order chi connectivity index (χ1) is 8.95. The predicted molar refractivity (Wildman–Crippen MR) is 65.2 cm³/mol. The van der Waals surface area contributed by atoms with Gasteiger partial charge < -0.3 is 9.84 Å². The van der Waals surface area contributed by atoms with Crippen molar-refractivity contribution in [1.82, 2.24) is 0 Å². The van der Waals surface area contributed by atoms with Crippen LogP contribution in [0, 0.1) is 23.5 Å². The second-order valence-electron chi connectivity index (χ2n) is 5.11. The van der Waals surface area contributed by atoms with Gasteiger partial charge in [0.25, 0.3) is 0 Å². The van der Waals surface area contributed by atoms with Crippen LogP contribution in [0.2, 0.25) is 0 Å². The van der Waals surface area contributed by atoms with Crippen molar-refractivity contribution in [1.29, 1.82) is 0 Å². The summed E-state index contributed by atoms with van der Waals surface area (Å²) >= 11 is 0. The number of rotatable bonds is 3. The standard InChI is InChI=1S/C14H16F2O3/c1-7-5-9(10(6-7)14(17)18)8-3-4-11(15)12(16)13(8)19-2/h3-4,7,9-10H,5-6H2,1-2H3,(H,17,18). The third-order valence-electron chi connectivity index (χ3n) is 3.80. The van der Waals surface area contributed by atoms with Gasteiger partial charge in [-0.05, 0) is 24.8 Å². The normalized spacial score (nSPS) is 26.4. The third-order valence-corrected chi connectivity index (χ3v) is 3.80. The number of carbonyl (C=O) groups is 1. The van der Waals surface area contributed by atoms with E-state index in [0.29, 0.717) is 18.4 Å². The van der Waals surface area contributed by atoms with Gasteiger partial charge in [-0.2, -0.15) is 4.39 Å². The second-order valence-corrected chi connectivity index (χ2v) is 5.11. The molecule has 0 bridgehead atoms. The van der Waals surface area contributed by atoms with Crippen molar-refractivity contribution in [3.8, 4) is 5.75 Å². The Kier molecular flexibility index (Phi) is 3.73. The molecule has 3 nitrogen and oxygen atoms in total. The minimum absolute atomic E-state index is 0.176. The molecule has 0 amide bonds. The SMILES string of the molecule is COc1c(C2CC(C)CC2C(=O)O)ccc(F)c1F. The van der Waals surface area contributed by atoms with E-state index in [-0.39, 0.29) is 17.6 Å². The number of hydrogen-bond acceptors (Lipinski definition) is 2. The second kappa shape index (κ2) is 5.15. The Morgan fingerprint density at radius 1 is 1.37 bits per heavy atom. The third kappa shape index (κ3) is 2.41. The van der Waals surface area contributed by atoms with Crippen LogP contribution in [0.3, 0.4) is 0 Å². The van der Waals surface area contributed by atoms with Crippen molar-refractivity contribution in [3.63, 3.8) is 0 Å². The lowest BCUT2D eigenvalue weighted by Crippen LogP contribution is -2.18. The zero-order valence-electron chi connectivity index (χ0n) is 10.8. The van der Waals surface area contributed by atoms with Gasteiger partial charge in [0.1, 0.15) is 0 Å². The fourth-order valence-corrected chi connectivity index (χ4v) is 2.95. The lowest BCUT2D eigenvalue weighted by Gasteiger charge is -2.19. The number of carboxylic acids is 1. The molecule has 1 aliphatic rings. The van der Waals surface area contributed by atoms with Crippen LogP contribution in [-0.4, -0.2) is 18.2 Å². The van der Waals surface area contributed by atoms with Crippen LogP contribution >= 0.6 is 0 Å². The molecule has 0 aromatic heterocycles. The highest BCUT2D eigenvalue weighted by atomic mass is 19.2. The van der Waals surface area contributed by atoms with Gasteiger partial charge in [0.2, 0.25) is 5.82 Å². The summed E-state index contributed by atoms with van der Waals surface area (Å²) in [5.41, 5.74) is 0.443. The molecule has 3 atom stereocenters. The number of halogens is 2. The molecular weight excluding hydrogens is 254 g/mol. The first-order valence-corrected chi connectivity index (χ1v) is 6.20. The molecule has 104 valence electrons. The van der Waals surface area contributed by atoms with Crippen LogP contribution in [0.5, 0.6) is 5.75 Å². The van der Waals surface area contributed by atoms with Gasteiger partial charge in [0, 0.05) is 11.5 Å². The summed E-state index contributed by atoms with van der Waals surface area (Å²) in [6, 6.07) is 2.45. The Labute approximate surface area is 110 Å². The predicted octanol–water partition coefficient (Wildman–Crippen LogP) is 3.19. The monoisotopic (exact) mass is 270 g/mol. The molecule has 1 aromatic carbocycles. The van der Waals surface area contributed by atoms with Gasteiger partial charge in [-0.3, -0.25) is 4.79 Å². The highest BCUT2D eigenvalue weighted by Gasteiger charge is 2.39. The zero-order chi connectivity index (χ0) is 14.2. The topological polar surface area (TPSA) is 46.5 Å². The minimum atomic E-state index is -1.05. The summed E-state index contributed by atoms with van der Waals surface area (Å²) in [5, 5.41) is 9.24. The van der Waals surface area contributed by atoms with Crippen LogP contribution in [0.4, 0.5) is 8.78 Å². The van der Waals surface area contributed by atoms with Crippen LogP contribution in [0.25, 0.3) is 0 Å². The van der Waals surface area contributed by atoms with Crippen LogP contribution in [0.1, 0.15) is 31.2 Å². The van der Waals surface area contributed by atoms with Gasteiger partial charge in [0.15, 0.2) is 11.6 Å². The van der Waals surface area contributed by atoms with Crippen molar-refractivity contribution in [2.75, 3.05) is 7.11 Å². The molecule has 1 aliphatic carbocycles. The maximum atomic E-state index is 13.7. The summed E-state index contributed by atoms with van der Waals surface area (Å²) in [7, 11) is 1.26. The Morgan fingerprint density at radius 3 is 2.63 bits per heavy atom. The van der Waals surface area contributed by atoms with E-state index in [1.165, 1.54) is 13.2 Å². The number of aliphatic carboxylic acids is 1. The van der Waals surface area contributed by atoms with Crippen LogP contribution in [-0.2, 0) is 4.79 Å². The summed E-state index contributed by atoms with van der Waals surface area (Å²) < 4.78 is 31.8. The van der Waals surface area contributed by atoms with Crippen molar-refractivity contribution in [2.45, 2.75) is 25.7 Å². The first kappa shape index (κ1) is 13.8. The first-order valence-electron chi connectivity index (χ1n) is 6.20. The molecule has 0 heterocycles. The van der Waals surface area contributed by atoms with Crippen molar-refractivity contribution in [3.05, 3.63) is 29.3 Å². The molecule has 1 N–H and O–H groups in total. The van der Waals surface area contributed by atoms with Gasteiger partial charge in [-0.15, -0.1) is 0 Å². The smallest absolute Gasteiger partial charge is 0.307 e. The molecule has 0 radical (unpaired) electrons. The molecule has 0 spiro atoms. The maximum absolute atomic E-state index is 13.7. The number of hydrogen-bond donors (Lipinski definition) is 1. The van der Waals surface area contributed by atoms with E-state index in [1.807, 2.05) is 6.92 Å². The highest BCUT2D eigenvalue weighted by molar-refractivity contribution is 5.72. The lowest BCUT2D eigenvalue weighted by atomic mass is 9.88. The quantitative estimate of drug-likeness (QED) is 0.917. The molecule has 1 fully saturated rings. The molecular formula is C14H16F2O3. The molecule has 19 heavy (non-hydrogen) atoms. The Balaban J connectivity index is 2.46. The molecule has 2 rings (SSSR count). The Morgan fingerprint density at radius 2 is 2.05 bits per heavy atom. The average molecular weight is 270 g/mol. The number of methoxy groups -OCH3 is 1. The van der Waals surface area contributed by atoms with Crippen LogP contribution < -0.4 is 4.74 Å². The fourth-order valence-electron chi connectivity index (χ4n) is 2.95. The van der Waals surface area contributed by atoms with Gasteiger partial charge in [-0.1, -0.05) is 13.0 Å². The fraction of sp³-hybridized carbons (Fsp3) is 0.500. The summed E-state index contributed by atoms with van der Waals surface area (Å²) in [4.78, 5) is 11.3. The van der Waals surface area contributed by atoms with E-state index in [1.54, 1.807) is 0 Å². The number of benzene rings is 1. The molecule has 1 saturated carbocycles. The van der Waals surface area contributed by atoms with Crippen molar-refractivity contribution in [2.24, 2.45) is 11.8 Å². The Hall–Kier alpha value is -1.65. The van der Waals surface area contributed by atoms with E-state index in [0.717, 1.165) is 6.07 Å².